The van der Waals surface area contributed by atoms with Gasteiger partial charge in [0.05, 0.1) is 0 Å². The Morgan fingerprint density at radius 2 is 1.52 bits per heavy atom. The Hall–Kier alpha value is -1.90. The molecule has 118 valence electrons. The van der Waals surface area contributed by atoms with E-state index in [-0.39, 0.29) is 0 Å². The largest absolute Gasteiger partial charge is 0.490 e. The van der Waals surface area contributed by atoms with Crippen LogP contribution in [0.4, 0.5) is 27.6 Å². The van der Waals surface area contributed by atoms with Crippen LogP contribution >= 0.6 is 0 Å². The van der Waals surface area contributed by atoms with Gasteiger partial charge >= 0.3 is 12.1 Å². The Morgan fingerprint density at radius 3 is 1.90 bits per heavy atom. The Kier molecular flexibility index (Phi) is 5.89. The van der Waals surface area contributed by atoms with Crippen LogP contribution in [0.2, 0.25) is 0 Å². The monoisotopic (exact) mass is 312 g/mol. The molecular weight excluding hydrogens is 299 g/mol. The van der Waals surface area contributed by atoms with Gasteiger partial charge in [0.15, 0.2) is 0 Å². The van der Waals surface area contributed by atoms with Gasteiger partial charge < -0.3 is 15.3 Å². The van der Waals surface area contributed by atoms with E-state index in [0.29, 0.717) is 5.69 Å². The van der Waals surface area contributed by atoms with E-state index in [9.17, 15) is 22.0 Å². The SMILES string of the molecule is Fc1cc(F)cc(N2CCNCC2)c1.O=C(O)C(F)(F)F. The molecule has 2 rings (SSSR count). The summed E-state index contributed by atoms with van der Waals surface area (Å²) in [6, 6.07) is 3.63. The lowest BCUT2D eigenvalue weighted by Gasteiger charge is -2.29. The number of carbonyl (C=O) groups is 1. The Balaban J connectivity index is 0.000000270. The molecule has 0 unspecified atom stereocenters. The van der Waals surface area contributed by atoms with E-state index in [1.54, 1.807) is 0 Å². The maximum atomic E-state index is 12.9. The maximum Gasteiger partial charge on any atom is 0.490 e. The predicted octanol–water partition coefficient (Wildman–Crippen LogP) is 2.01. The van der Waals surface area contributed by atoms with Crippen molar-refractivity contribution in [2.24, 2.45) is 0 Å². The summed E-state index contributed by atoms with van der Waals surface area (Å²) in [6.45, 7) is 3.31. The molecule has 0 aliphatic carbocycles. The molecule has 1 saturated heterocycles. The van der Waals surface area contributed by atoms with E-state index < -0.39 is 23.8 Å². The molecule has 2 N–H and O–H groups in total. The summed E-state index contributed by atoms with van der Waals surface area (Å²) in [4.78, 5) is 10.9. The van der Waals surface area contributed by atoms with Crippen LogP contribution in [0.1, 0.15) is 0 Å². The van der Waals surface area contributed by atoms with Crippen LogP contribution in [0.25, 0.3) is 0 Å². The van der Waals surface area contributed by atoms with Gasteiger partial charge in [-0.25, -0.2) is 13.6 Å². The minimum atomic E-state index is -5.08. The number of hydrogen-bond donors (Lipinski definition) is 2. The summed E-state index contributed by atoms with van der Waals surface area (Å²) in [7, 11) is 0. The highest BCUT2D eigenvalue weighted by Crippen LogP contribution is 2.18. The van der Waals surface area contributed by atoms with E-state index in [2.05, 4.69) is 5.32 Å². The molecule has 1 aromatic rings. The van der Waals surface area contributed by atoms with E-state index in [0.717, 1.165) is 32.2 Å². The quantitative estimate of drug-likeness (QED) is 0.779. The number of nitrogens with one attached hydrogen (secondary N) is 1. The molecule has 1 aromatic carbocycles. The molecule has 0 atom stereocenters. The standard InChI is InChI=1S/C10H12F2N2.C2HF3O2/c11-8-5-9(12)7-10(6-8)14-3-1-13-2-4-14;3-2(4,5)1(6)7/h5-7,13H,1-4H2;(H,6,7). The van der Waals surface area contributed by atoms with Gasteiger partial charge in [0.1, 0.15) is 11.6 Å². The van der Waals surface area contributed by atoms with Crippen LogP contribution in [0, 0.1) is 11.6 Å². The highest BCUT2D eigenvalue weighted by atomic mass is 19.4. The zero-order valence-corrected chi connectivity index (χ0v) is 10.8. The fourth-order valence-corrected chi connectivity index (χ4v) is 1.64. The van der Waals surface area contributed by atoms with Crippen molar-refractivity contribution in [1.29, 1.82) is 0 Å². The number of aliphatic carboxylic acids is 1. The number of hydrogen-bond acceptors (Lipinski definition) is 3. The van der Waals surface area contributed by atoms with Gasteiger partial charge in [-0.05, 0) is 12.1 Å². The first-order valence-corrected chi connectivity index (χ1v) is 5.92. The summed E-state index contributed by atoms with van der Waals surface area (Å²) < 4.78 is 57.5. The fraction of sp³-hybridized carbons (Fsp3) is 0.417. The van der Waals surface area contributed by atoms with Crippen LogP contribution in [-0.4, -0.2) is 43.4 Å². The summed E-state index contributed by atoms with van der Waals surface area (Å²) in [6.07, 6.45) is -5.08. The van der Waals surface area contributed by atoms with Crippen LogP contribution in [-0.2, 0) is 4.79 Å². The third-order valence-electron chi connectivity index (χ3n) is 2.57. The lowest BCUT2D eigenvalue weighted by Crippen LogP contribution is -2.43. The van der Waals surface area contributed by atoms with Crippen LogP contribution in [0.5, 0.6) is 0 Å². The molecule has 1 aliphatic rings. The molecule has 1 aliphatic heterocycles. The van der Waals surface area contributed by atoms with Crippen molar-refractivity contribution in [3.63, 3.8) is 0 Å². The normalized spacial score (nSPS) is 15.2. The lowest BCUT2D eigenvalue weighted by atomic mass is 10.2. The minimum Gasteiger partial charge on any atom is -0.475 e. The van der Waals surface area contributed by atoms with Gasteiger partial charge in [-0.3, -0.25) is 0 Å². The average molecular weight is 312 g/mol. The molecule has 0 aromatic heterocycles. The maximum absolute atomic E-state index is 12.9. The molecule has 1 heterocycles. The number of carboxylic acids is 1. The number of piperazine rings is 1. The highest BCUT2D eigenvalue weighted by Gasteiger charge is 2.38. The first kappa shape index (κ1) is 17.2. The Morgan fingerprint density at radius 1 is 1.10 bits per heavy atom. The van der Waals surface area contributed by atoms with Gasteiger partial charge in [-0.2, -0.15) is 13.2 Å². The smallest absolute Gasteiger partial charge is 0.475 e. The van der Waals surface area contributed by atoms with Gasteiger partial charge in [0.25, 0.3) is 0 Å². The second-order valence-electron chi connectivity index (χ2n) is 4.17. The van der Waals surface area contributed by atoms with E-state index in [1.165, 1.54) is 12.1 Å². The van der Waals surface area contributed by atoms with Gasteiger partial charge in [0, 0.05) is 37.9 Å². The molecule has 0 spiro atoms. The van der Waals surface area contributed by atoms with Gasteiger partial charge in [-0.1, -0.05) is 0 Å². The number of benzene rings is 1. The molecule has 0 amide bonds. The first-order valence-electron chi connectivity index (χ1n) is 5.92. The zero-order valence-electron chi connectivity index (χ0n) is 10.8. The second kappa shape index (κ2) is 7.21. The van der Waals surface area contributed by atoms with E-state index >= 15 is 0 Å². The number of halogens is 5. The Labute approximate surface area is 117 Å². The number of nitrogens with zero attached hydrogens (tertiary/aromatic N) is 1. The fourth-order valence-electron chi connectivity index (χ4n) is 1.64. The first-order chi connectivity index (χ1) is 9.70. The van der Waals surface area contributed by atoms with Crippen molar-refractivity contribution in [3.8, 4) is 0 Å². The molecule has 4 nitrogen and oxygen atoms in total. The van der Waals surface area contributed by atoms with Crippen molar-refractivity contribution >= 4 is 11.7 Å². The predicted molar refractivity (Wildman–Crippen MR) is 65.1 cm³/mol. The minimum absolute atomic E-state index is 0.515. The highest BCUT2D eigenvalue weighted by molar-refractivity contribution is 5.73. The topological polar surface area (TPSA) is 52.6 Å². The number of anilines is 1. The zero-order chi connectivity index (χ0) is 16.0. The van der Waals surface area contributed by atoms with Crippen molar-refractivity contribution in [2.75, 3.05) is 31.1 Å². The van der Waals surface area contributed by atoms with E-state index in [4.69, 9.17) is 9.90 Å². The van der Waals surface area contributed by atoms with Crippen molar-refractivity contribution in [1.82, 2.24) is 5.32 Å². The van der Waals surface area contributed by atoms with Crippen molar-refractivity contribution in [2.45, 2.75) is 6.18 Å². The summed E-state index contributed by atoms with van der Waals surface area (Å²) in [5, 5.41) is 10.3. The van der Waals surface area contributed by atoms with E-state index in [1.807, 2.05) is 4.90 Å². The molecular formula is C12H13F5N2O2. The third-order valence-corrected chi connectivity index (χ3v) is 2.57. The van der Waals surface area contributed by atoms with Crippen LogP contribution < -0.4 is 10.2 Å². The lowest BCUT2D eigenvalue weighted by molar-refractivity contribution is -0.192. The molecule has 0 radical (unpaired) electrons. The number of rotatable bonds is 1. The number of carboxylic acid groups (broad SMARTS) is 1. The van der Waals surface area contributed by atoms with Gasteiger partial charge in [-0.15, -0.1) is 0 Å². The average Bonchev–Trinajstić information content (AvgIpc) is 2.38. The summed E-state index contributed by atoms with van der Waals surface area (Å²) in [5.41, 5.74) is 0.629. The molecule has 21 heavy (non-hydrogen) atoms. The summed E-state index contributed by atoms with van der Waals surface area (Å²) in [5.74, 6) is -3.79. The summed E-state index contributed by atoms with van der Waals surface area (Å²) >= 11 is 0. The Bertz CT molecular complexity index is 467. The molecule has 0 saturated carbocycles. The molecule has 9 heteroatoms. The van der Waals surface area contributed by atoms with Crippen molar-refractivity contribution < 1.29 is 31.9 Å². The van der Waals surface area contributed by atoms with Crippen LogP contribution in [0.15, 0.2) is 18.2 Å². The third kappa shape index (κ3) is 5.94. The molecule has 1 fully saturated rings. The van der Waals surface area contributed by atoms with Crippen molar-refractivity contribution in [3.05, 3.63) is 29.8 Å². The van der Waals surface area contributed by atoms with Gasteiger partial charge in [0.2, 0.25) is 0 Å². The number of alkyl halides is 3. The molecule has 0 bridgehead atoms. The van der Waals surface area contributed by atoms with Crippen LogP contribution in [0.3, 0.4) is 0 Å². The second-order valence-corrected chi connectivity index (χ2v) is 4.17.